The van der Waals surface area contributed by atoms with Gasteiger partial charge in [0.1, 0.15) is 0 Å². The van der Waals surface area contributed by atoms with Gasteiger partial charge in [0.05, 0.1) is 5.56 Å². The second-order valence-electron chi connectivity index (χ2n) is 4.27. The highest BCUT2D eigenvalue weighted by Gasteiger charge is 2.30. The van der Waals surface area contributed by atoms with Crippen LogP contribution < -0.4 is 5.32 Å². The minimum atomic E-state index is -4.47. The minimum Gasteiger partial charge on any atom is -0.322 e. The SMILES string of the molecule is [N-]=[N+]=Nc1ccc(C(=O)Nc2cccc(C(F)(F)F)c2)cc1. The molecule has 0 aliphatic heterocycles. The number of azide groups is 1. The molecule has 1 N–H and O–H groups in total. The second-order valence-corrected chi connectivity index (χ2v) is 4.27. The van der Waals surface area contributed by atoms with Gasteiger partial charge in [0.15, 0.2) is 0 Å². The van der Waals surface area contributed by atoms with Gasteiger partial charge in [0, 0.05) is 21.8 Å². The maximum Gasteiger partial charge on any atom is 0.416 e. The molecule has 5 nitrogen and oxygen atoms in total. The van der Waals surface area contributed by atoms with Crippen LogP contribution in [0.4, 0.5) is 24.5 Å². The van der Waals surface area contributed by atoms with E-state index in [1.54, 1.807) is 0 Å². The third kappa shape index (κ3) is 3.77. The molecule has 0 aliphatic rings. The van der Waals surface area contributed by atoms with E-state index in [4.69, 9.17) is 5.53 Å². The van der Waals surface area contributed by atoms with Crippen molar-refractivity contribution < 1.29 is 18.0 Å². The largest absolute Gasteiger partial charge is 0.416 e. The van der Waals surface area contributed by atoms with Gasteiger partial charge in [-0.2, -0.15) is 13.2 Å². The van der Waals surface area contributed by atoms with E-state index in [9.17, 15) is 18.0 Å². The van der Waals surface area contributed by atoms with E-state index < -0.39 is 17.6 Å². The van der Waals surface area contributed by atoms with Gasteiger partial charge in [0.2, 0.25) is 0 Å². The van der Waals surface area contributed by atoms with Crippen molar-refractivity contribution in [1.82, 2.24) is 0 Å². The zero-order valence-corrected chi connectivity index (χ0v) is 11.0. The lowest BCUT2D eigenvalue weighted by Crippen LogP contribution is -2.13. The van der Waals surface area contributed by atoms with E-state index in [-0.39, 0.29) is 11.3 Å². The molecule has 0 atom stereocenters. The van der Waals surface area contributed by atoms with Gasteiger partial charge in [-0.1, -0.05) is 23.3 Å². The first kappa shape index (κ1) is 15.4. The van der Waals surface area contributed by atoms with Crippen LogP contribution in [0.3, 0.4) is 0 Å². The summed E-state index contributed by atoms with van der Waals surface area (Å²) in [6, 6.07) is 10.0. The summed E-state index contributed by atoms with van der Waals surface area (Å²) in [6.45, 7) is 0. The molecule has 0 aliphatic carbocycles. The molecule has 112 valence electrons. The van der Waals surface area contributed by atoms with E-state index in [1.165, 1.54) is 36.4 Å². The molecular formula is C14H9F3N4O. The predicted molar refractivity (Wildman–Crippen MR) is 74.6 cm³/mol. The Balaban J connectivity index is 2.16. The second kappa shape index (κ2) is 6.19. The number of alkyl halides is 3. The Morgan fingerprint density at radius 2 is 1.82 bits per heavy atom. The minimum absolute atomic E-state index is 0.0407. The summed E-state index contributed by atoms with van der Waals surface area (Å²) in [4.78, 5) is 14.5. The Bertz CT molecular complexity index is 734. The van der Waals surface area contributed by atoms with Crippen LogP contribution in [0.2, 0.25) is 0 Å². The first-order valence-electron chi connectivity index (χ1n) is 6.04. The number of rotatable bonds is 3. The molecule has 0 heterocycles. The Hall–Kier alpha value is -2.99. The van der Waals surface area contributed by atoms with Crippen molar-refractivity contribution in [3.8, 4) is 0 Å². The highest BCUT2D eigenvalue weighted by atomic mass is 19.4. The summed E-state index contributed by atoms with van der Waals surface area (Å²) in [5.41, 5.74) is 8.03. The van der Waals surface area contributed by atoms with Gasteiger partial charge >= 0.3 is 6.18 Å². The summed E-state index contributed by atoms with van der Waals surface area (Å²) in [5.74, 6) is -0.563. The van der Waals surface area contributed by atoms with E-state index in [0.29, 0.717) is 5.69 Å². The van der Waals surface area contributed by atoms with Crippen molar-refractivity contribution in [2.24, 2.45) is 5.11 Å². The fraction of sp³-hybridized carbons (Fsp3) is 0.0714. The Morgan fingerprint density at radius 1 is 1.14 bits per heavy atom. The number of anilines is 1. The maximum atomic E-state index is 12.6. The molecule has 1 amide bonds. The fourth-order valence-electron chi connectivity index (χ4n) is 1.71. The standard InChI is InChI=1S/C14H9F3N4O/c15-14(16,17)10-2-1-3-12(8-10)19-13(22)9-4-6-11(7-5-9)20-21-18/h1-8H,(H,19,22). The molecule has 22 heavy (non-hydrogen) atoms. The molecule has 0 aromatic heterocycles. The summed E-state index contributed by atoms with van der Waals surface area (Å²) < 4.78 is 37.8. The molecule has 8 heteroatoms. The van der Waals surface area contributed by atoms with Crippen molar-refractivity contribution in [3.05, 3.63) is 70.1 Å². The molecule has 0 spiro atoms. The van der Waals surface area contributed by atoms with E-state index in [0.717, 1.165) is 12.1 Å². The van der Waals surface area contributed by atoms with Crippen LogP contribution in [0.1, 0.15) is 15.9 Å². The van der Waals surface area contributed by atoms with Crippen molar-refractivity contribution in [3.63, 3.8) is 0 Å². The summed E-state index contributed by atoms with van der Waals surface area (Å²) in [5, 5.41) is 5.73. The van der Waals surface area contributed by atoms with Gasteiger partial charge in [-0.25, -0.2) is 0 Å². The number of carbonyl (C=O) groups excluding carboxylic acids is 1. The molecule has 0 saturated carbocycles. The zero-order valence-electron chi connectivity index (χ0n) is 11.0. The highest BCUT2D eigenvalue weighted by molar-refractivity contribution is 6.04. The van der Waals surface area contributed by atoms with Gasteiger partial charge in [-0.3, -0.25) is 4.79 Å². The number of carbonyl (C=O) groups is 1. The number of hydrogen-bond acceptors (Lipinski definition) is 2. The van der Waals surface area contributed by atoms with Crippen molar-refractivity contribution >= 4 is 17.3 Å². The molecule has 0 radical (unpaired) electrons. The van der Waals surface area contributed by atoms with Gasteiger partial charge in [-0.05, 0) is 35.9 Å². The monoisotopic (exact) mass is 306 g/mol. The fourth-order valence-corrected chi connectivity index (χ4v) is 1.71. The first-order valence-corrected chi connectivity index (χ1v) is 6.04. The topological polar surface area (TPSA) is 77.9 Å². The van der Waals surface area contributed by atoms with Crippen LogP contribution in [0.25, 0.3) is 10.4 Å². The number of halogens is 3. The van der Waals surface area contributed by atoms with Crippen LogP contribution in [0.15, 0.2) is 53.6 Å². The average molecular weight is 306 g/mol. The van der Waals surface area contributed by atoms with Gasteiger partial charge < -0.3 is 5.32 Å². The van der Waals surface area contributed by atoms with Gasteiger partial charge in [0.25, 0.3) is 5.91 Å². The van der Waals surface area contributed by atoms with Crippen LogP contribution in [0, 0.1) is 0 Å². The lowest BCUT2D eigenvalue weighted by Gasteiger charge is -2.10. The zero-order chi connectivity index (χ0) is 16.2. The lowest BCUT2D eigenvalue weighted by atomic mass is 10.1. The molecule has 0 bridgehead atoms. The summed E-state index contributed by atoms with van der Waals surface area (Å²) in [6.07, 6.45) is -4.47. The number of hydrogen-bond donors (Lipinski definition) is 1. The molecule has 0 fully saturated rings. The van der Waals surface area contributed by atoms with Crippen molar-refractivity contribution in [2.45, 2.75) is 6.18 Å². The van der Waals surface area contributed by atoms with Crippen LogP contribution in [-0.2, 0) is 6.18 Å². The van der Waals surface area contributed by atoms with Gasteiger partial charge in [-0.15, -0.1) is 0 Å². The average Bonchev–Trinajstić information content (AvgIpc) is 2.48. The molecule has 2 aromatic rings. The Kier molecular flexibility index (Phi) is 4.33. The number of nitrogens with zero attached hydrogens (tertiary/aromatic N) is 3. The van der Waals surface area contributed by atoms with E-state index >= 15 is 0 Å². The van der Waals surface area contributed by atoms with Crippen molar-refractivity contribution in [2.75, 3.05) is 5.32 Å². The number of amides is 1. The Labute approximate surface area is 123 Å². The molecule has 2 aromatic carbocycles. The summed E-state index contributed by atoms with van der Waals surface area (Å²) >= 11 is 0. The van der Waals surface area contributed by atoms with Crippen LogP contribution in [0.5, 0.6) is 0 Å². The first-order chi connectivity index (χ1) is 10.4. The molecule has 0 saturated heterocycles. The normalized spacial score (nSPS) is 10.7. The molecule has 0 unspecified atom stereocenters. The highest BCUT2D eigenvalue weighted by Crippen LogP contribution is 2.30. The smallest absolute Gasteiger partial charge is 0.322 e. The lowest BCUT2D eigenvalue weighted by molar-refractivity contribution is -0.137. The molecule has 2 rings (SSSR count). The third-order valence-corrected chi connectivity index (χ3v) is 2.74. The van der Waals surface area contributed by atoms with Crippen LogP contribution >= 0.6 is 0 Å². The number of nitrogens with one attached hydrogen (secondary N) is 1. The quantitative estimate of drug-likeness (QED) is 0.488. The van der Waals surface area contributed by atoms with E-state index in [1.807, 2.05) is 0 Å². The third-order valence-electron chi connectivity index (χ3n) is 2.74. The molecular weight excluding hydrogens is 297 g/mol. The Morgan fingerprint density at radius 3 is 2.41 bits per heavy atom. The van der Waals surface area contributed by atoms with E-state index in [2.05, 4.69) is 15.3 Å². The number of benzene rings is 2. The predicted octanol–water partition coefficient (Wildman–Crippen LogP) is 4.90. The van der Waals surface area contributed by atoms with Crippen LogP contribution in [-0.4, -0.2) is 5.91 Å². The maximum absolute atomic E-state index is 12.6. The van der Waals surface area contributed by atoms with Crippen molar-refractivity contribution in [1.29, 1.82) is 0 Å². The summed E-state index contributed by atoms with van der Waals surface area (Å²) in [7, 11) is 0.